The molecule has 0 bridgehead atoms. The molecular formula is C16H13N5O4S. The molecule has 132 valence electrons. The number of nitro groups is 1. The van der Waals surface area contributed by atoms with E-state index in [9.17, 15) is 14.9 Å². The number of thiazole rings is 1. The number of nitrogens with zero attached hydrogens (tertiary/aromatic N) is 4. The smallest absolute Gasteiger partial charge is 0.275 e. The number of carbonyl (C=O) groups is 1. The minimum atomic E-state index is -0.503. The van der Waals surface area contributed by atoms with Crippen molar-refractivity contribution in [1.82, 2.24) is 15.0 Å². The van der Waals surface area contributed by atoms with E-state index in [-0.39, 0.29) is 18.0 Å². The van der Waals surface area contributed by atoms with E-state index < -0.39 is 10.8 Å². The summed E-state index contributed by atoms with van der Waals surface area (Å²) in [6.07, 6.45) is 3.19. The second-order valence-corrected chi connectivity index (χ2v) is 5.95. The average molecular weight is 371 g/mol. The number of hydrogen-bond donors (Lipinski definition) is 1. The van der Waals surface area contributed by atoms with E-state index in [4.69, 9.17) is 4.74 Å². The van der Waals surface area contributed by atoms with Crippen LogP contribution in [0.5, 0.6) is 0 Å². The number of non-ortho nitro benzene ring substituents is 1. The van der Waals surface area contributed by atoms with Crippen LogP contribution >= 0.6 is 11.3 Å². The summed E-state index contributed by atoms with van der Waals surface area (Å²) in [5.41, 5.74) is 1.05. The standard InChI is InChI=1S/C16H13N5O4S/c1-25-8-10-7-11(21(23)24)3-4-12(10)19-15(22)13-9-26-16(20-13)14-17-5-2-6-18-14/h2-7,9H,8H2,1H3,(H,19,22). The Kier molecular flexibility index (Phi) is 5.25. The maximum absolute atomic E-state index is 12.5. The van der Waals surface area contributed by atoms with Crippen LogP contribution in [0.1, 0.15) is 16.1 Å². The van der Waals surface area contributed by atoms with Crippen molar-refractivity contribution in [3.8, 4) is 10.8 Å². The molecule has 3 rings (SSSR count). The Morgan fingerprint density at radius 1 is 1.35 bits per heavy atom. The number of ether oxygens (including phenoxy) is 1. The zero-order valence-electron chi connectivity index (χ0n) is 13.6. The van der Waals surface area contributed by atoms with Gasteiger partial charge in [-0.05, 0) is 12.1 Å². The summed E-state index contributed by atoms with van der Waals surface area (Å²) >= 11 is 1.25. The fourth-order valence-corrected chi connectivity index (χ4v) is 2.91. The van der Waals surface area contributed by atoms with Crippen LogP contribution in [0.25, 0.3) is 10.8 Å². The fourth-order valence-electron chi connectivity index (χ4n) is 2.17. The molecule has 1 amide bonds. The first-order chi connectivity index (χ1) is 12.6. The molecule has 0 saturated heterocycles. The lowest BCUT2D eigenvalue weighted by molar-refractivity contribution is -0.384. The molecule has 3 aromatic rings. The van der Waals surface area contributed by atoms with E-state index in [0.717, 1.165) is 0 Å². The highest BCUT2D eigenvalue weighted by atomic mass is 32.1. The Bertz CT molecular complexity index is 945. The van der Waals surface area contributed by atoms with Crippen LogP contribution in [0.3, 0.4) is 0 Å². The fraction of sp³-hybridized carbons (Fsp3) is 0.125. The minimum absolute atomic E-state index is 0.0766. The molecular weight excluding hydrogens is 358 g/mol. The van der Waals surface area contributed by atoms with E-state index in [1.807, 2.05) is 0 Å². The van der Waals surface area contributed by atoms with Crippen LogP contribution in [-0.2, 0) is 11.3 Å². The number of aromatic nitrogens is 3. The molecule has 0 aliphatic carbocycles. The van der Waals surface area contributed by atoms with E-state index in [1.165, 1.54) is 36.6 Å². The molecule has 0 spiro atoms. The molecule has 2 aromatic heterocycles. The van der Waals surface area contributed by atoms with E-state index in [1.54, 1.807) is 23.8 Å². The van der Waals surface area contributed by atoms with Gasteiger partial charge in [-0.1, -0.05) is 0 Å². The lowest BCUT2D eigenvalue weighted by Crippen LogP contribution is -2.14. The first-order valence-electron chi connectivity index (χ1n) is 7.39. The van der Waals surface area contributed by atoms with E-state index in [2.05, 4.69) is 20.3 Å². The van der Waals surface area contributed by atoms with Crippen molar-refractivity contribution in [3.05, 3.63) is 63.4 Å². The van der Waals surface area contributed by atoms with Crippen molar-refractivity contribution in [1.29, 1.82) is 0 Å². The zero-order chi connectivity index (χ0) is 18.5. The number of carbonyl (C=O) groups excluding carboxylic acids is 1. The summed E-state index contributed by atoms with van der Waals surface area (Å²) in [5, 5.41) is 15.7. The lowest BCUT2D eigenvalue weighted by Gasteiger charge is -2.09. The van der Waals surface area contributed by atoms with Gasteiger partial charge in [0.2, 0.25) is 0 Å². The maximum atomic E-state index is 12.5. The second kappa shape index (κ2) is 7.76. The molecule has 0 saturated carbocycles. The predicted octanol–water partition coefficient (Wildman–Crippen LogP) is 2.91. The second-order valence-electron chi connectivity index (χ2n) is 5.10. The van der Waals surface area contributed by atoms with Crippen LogP contribution < -0.4 is 5.32 Å². The summed E-state index contributed by atoms with van der Waals surface area (Å²) in [6, 6.07) is 5.84. The van der Waals surface area contributed by atoms with E-state index in [0.29, 0.717) is 22.1 Å². The molecule has 0 radical (unpaired) electrons. The number of benzene rings is 1. The van der Waals surface area contributed by atoms with Crippen LogP contribution in [0, 0.1) is 10.1 Å². The quantitative estimate of drug-likeness (QED) is 0.522. The van der Waals surface area contributed by atoms with Gasteiger partial charge in [-0.25, -0.2) is 15.0 Å². The van der Waals surface area contributed by atoms with Gasteiger partial charge in [0.05, 0.1) is 11.5 Å². The van der Waals surface area contributed by atoms with Gasteiger partial charge in [-0.2, -0.15) is 0 Å². The normalized spacial score (nSPS) is 10.5. The third-order valence-corrected chi connectivity index (χ3v) is 4.18. The lowest BCUT2D eigenvalue weighted by atomic mass is 10.1. The Hall–Kier alpha value is -3.24. The third kappa shape index (κ3) is 3.87. The van der Waals surface area contributed by atoms with Gasteiger partial charge in [0.25, 0.3) is 11.6 Å². The Morgan fingerprint density at radius 2 is 2.12 bits per heavy atom. The average Bonchev–Trinajstić information content (AvgIpc) is 3.14. The topological polar surface area (TPSA) is 120 Å². The van der Waals surface area contributed by atoms with Crippen LogP contribution in [0.2, 0.25) is 0 Å². The molecule has 1 aromatic carbocycles. The highest BCUT2D eigenvalue weighted by molar-refractivity contribution is 7.13. The minimum Gasteiger partial charge on any atom is -0.380 e. The summed E-state index contributed by atoms with van der Waals surface area (Å²) in [7, 11) is 1.47. The van der Waals surface area contributed by atoms with Crippen molar-refractivity contribution in [2.24, 2.45) is 0 Å². The number of nitrogens with one attached hydrogen (secondary N) is 1. The summed E-state index contributed by atoms with van der Waals surface area (Å²) in [5.74, 6) is 0.00148. The summed E-state index contributed by atoms with van der Waals surface area (Å²) in [6.45, 7) is 0.122. The molecule has 26 heavy (non-hydrogen) atoms. The van der Waals surface area contributed by atoms with Crippen LogP contribution in [-0.4, -0.2) is 32.9 Å². The van der Waals surface area contributed by atoms with Crippen molar-refractivity contribution in [2.45, 2.75) is 6.61 Å². The highest BCUT2D eigenvalue weighted by Gasteiger charge is 2.16. The summed E-state index contributed by atoms with van der Waals surface area (Å²) < 4.78 is 5.05. The largest absolute Gasteiger partial charge is 0.380 e. The van der Waals surface area contributed by atoms with Gasteiger partial charge >= 0.3 is 0 Å². The number of rotatable bonds is 6. The molecule has 2 heterocycles. The summed E-state index contributed by atoms with van der Waals surface area (Å²) in [4.78, 5) is 35.3. The number of hydrogen-bond acceptors (Lipinski definition) is 8. The zero-order valence-corrected chi connectivity index (χ0v) is 14.4. The van der Waals surface area contributed by atoms with Crippen molar-refractivity contribution in [2.75, 3.05) is 12.4 Å². The first kappa shape index (κ1) is 17.6. The van der Waals surface area contributed by atoms with Crippen LogP contribution in [0.15, 0.2) is 42.0 Å². The Morgan fingerprint density at radius 3 is 2.81 bits per heavy atom. The predicted molar refractivity (Wildman–Crippen MR) is 94.9 cm³/mol. The molecule has 0 atom stereocenters. The molecule has 1 N–H and O–H groups in total. The molecule has 9 nitrogen and oxygen atoms in total. The number of methoxy groups -OCH3 is 1. The monoisotopic (exact) mass is 371 g/mol. The SMILES string of the molecule is COCc1cc([N+](=O)[O-])ccc1NC(=O)c1csc(-c2ncccn2)n1. The van der Waals surface area contributed by atoms with Crippen molar-refractivity contribution in [3.63, 3.8) is 0 Å². The number of nitro benzene ring substituents is 1. The van der Waals surface area contributed by atoms with Crippen molar-refractivity contribution >= 4 is 28.6 Å². The maximum Gasteiger partial charge on any atom is 0.275 e. The Balaban J connectivity index is 1.82. The van der Waals surface area contributed by atoms with Gasteiger partial charge in [-0.3, -0.25) is 14.9 Å². The van der Waals surface area contributed by atoms with Gasteiger partial charge in [0.1, 0.15) is 5.69 Å². The first-order valence-corrected chi connectivity index (χ1v) is 8.27. The number of amides is 1. The van der Waals surface area contributed by atoms with Gasteiger partial charge in [-0.15, -0.1) is 11.3 Å². The highest BCUT2D eigenvalue weighted by Crippen LogP contribution is 2.25. The third-order valence-electron chi connectivity index (χ3n) is 3.34. The number of anilines is 1. The molecule has 0 aliphatic heterocycles. The molecule has 0 unspecified atom stereocenters. The van der Waals surface area contributed by atoms with Gasteiger partial charge in [0, 0.05) is 48.3 Å². The van der Waals surface area contributed by atoms with Crippen molar-refractivity contribution < 1.29 is 14.5 Å². The van der Waals surface area contributed by atoms with Gasteiger partial charge < -0.3 is 10.1 Å². The molecule has 10 heteroatoms. The molecule has 0 aliphatic rings. The molecule has 0 fully saturated rings. The van der Waals surface area contributed by atoms with Gasteiger partial charge in [0.15, 0.2) is 10.8 Å². The Labute approximate surface area is 151 Å². The van der Waals surface area contributed by atoms with Crippen LogP contribution in [0.4, 0.5) is 11.4 Å². The van der Waals surface area contributed by atoms with E-state index >= 15 is 0 Å².